The van der Waals surface area contributed by atoms with Crippen molar-refractivity contribution in [2.45, 2.75) is 13.3 Å². The zero-order valence-corrected chi connectivity index (χ0v) is 19.8. The van der Waals surface area contributed by atoms with Gasteiger partial charge in [0, 0.05) is 5.56 Å². The van der Waals surface area contributed by atoms with Crippen molar-refractivity contribution in [2.24, 2.45) is 17.8 Å². The standard InChI is InChI=1S/C30H25NO5/c1-19-7-5-12-25-27(19)29(34)31(28(25)33)24-11-6-10-23(17-24)30(35)36-18-26(32)22-15-13-21(14-16-22)20-8-3-2-4-9-20/h2-11,13-17,19,25,27H,12,18H2,1H3/t19-,25+,27-/m1/s1. The zero-order valence-electron chi connectivity index (χ0n) is 19.8. The van der Waals surface area contributed by atoms with E-state index in [2.05, 4.69) is 0 Å². The first kappa shape index (κ1) is 23.4. The molecule has 1 aliphatic heterocycles. The number of amides is 2. The largest absolute Gasteiger partial charge is 0.454 e. The number of anilines is 1. The molecule has 1 aliphatic carbocycles. The fourth-order valence-corrected chi connectivity index (χ4v) is 4.95. The van der Waals surface area contributed by atoms with Gasteiger partial charge in [-0.05, 0) is 41.7 Å². The smallest absolute Gasteiger partial charge is 0.338 e. The first-order chi connectivity index (χ1) is 17.4. The molecule has 0 N–H and O–H groups in total. The van der Waals surface area contributed by atoms with E-state index in [4.69, 9.17) is 4.74 Å². The summed E-state index contributed by atoms with van der Waals surface area (Å²) in [4.78, 5) is 52.5. The number of hydrogen-bond acceptors (Lipinski definition) is 5. The van der Waals surface area contributed by atoms with Gasteiger partial charge in [-0.15, -0.1) is 0 Å². The maximum absolute atomic E-state index is 13.0. The topological polar surface area (TPSA) is 80.8 Å². The summed E-state index contributed by atoms with van der Waals surface area (Å²) in [6.07, 6.45) is 4.45. The number of imide groups is 1. The van der Waals surface area contributed by atoms with Gasteiger partial charge in [0.05, 0.1) is 23.1 Å². The molecule has 5 rings (SSSR count). The van der Waals surface area contributed by atoms with Crippen LogP contribution in [0.25, 0.3) is 11.1 Å². The van der Waals surface area contributed by atoms with Crippen LogP contribution in [0.4, 0.5) is 5.69 Å². The maximum atomic E-state index is 13.0. The third kappa shape index (κ3) is 4.38. The molecule has 0 bridgehead atoms. The Bertz CT molecular complexity index is 1360. The summed E-state index contributed by atoms with van der Waals surface area (Å²) >= 11 is 0. The van der Waals surface area contributed by atoms with Crippen LogP contribution in [0.15, 0.2) is 91.0 Å². The fraction of sp³-hybridized carbons (Fsp3) is 0.200. The molecule has 3 aromatic carbocycles. The number of carbonyl (C=O) groups is 4. The zero-order chi connectivity index (χ0) is 25.2. The number of hydrogen-bond donors (Lipinski definition) is 0. The first-order valence-corrected chi connectivity index (χ1v) is 11.9. The molecule has 0 unspecified atom stereocenters. The van der Waals surface area contributed by atoms with Gasteiger partial charge in [-0.1, -0.05) is 79.7 Å². The molecule has 1 fully saturated rings. The summed E-state index contributed by atoms with van der Waals surface area (Å²) in [5, 5.41) is 0. The highest BCUT2D eigenvalue weighted by molar-refractivity contribution is 6.22. The molecule has 1 heterocycles. The monoisotopic (exact) mass is 479 g/mol. The summed E-state index contributed by atoms with van der Waals surface area (Å²) < 4.78 is 5.26. The van der Waals surface area contributed by atoms with E-state index in [9.17, 15) is 19.2 Å². The van der Waals surface area contributed by atoms with Crippen molar-refractivity contribution in [1.82, 2.24) is 0 Å². The minimum atomic E-state index is -0.697. The third-order valence-electron chi connectivity index (χ3n) is 6.86. The average molecular weight is 480 g/mol. The Balaban J connectivity index is 1.25. The molecule has 1 saturated heterocycles. The Morgan fingerprint density at radius 3 is 2.31 bits per heavy atom. The molecule has 2 aliphatic rings. The fourth-order valence-electron chi connectivity index (χ4n) is 4.95. The lowest BCUT2D eigenvalue weighted by atomic mass is 9.78. The van der Waals surface area contributed by atoms with Gasteiger partial charge in [-0.2, -0.15) is 0 Å². The molecule has 3 atom stereocenters. The molecule has 6 nitrogen and oxygen atoms in total. The maximum Gasteiger partial charge on any atom is 0.338 e. The number of nitrogens with zero attached hydrogens (tertiary/aromatic N) is 1. The van der Waals surface area contributed by atoms with E-state index in [0.29, 0.717) is 17.7 Å². The SMILES string of the molecule is C[C@@H]1C=CC[C@@H]2C(=O)N(c3cccc(C(=O)OCC(=O)c4ccc(-c5ccccc5)cc4)c3)C(=O)[C@H]12. The number of ether oxygens (including phenoxy) is 1. The van der Waals surface area contributed by atoms with Gasteiger partial charge in [0.15, 0.2) is 12.4 Å². The second kappa shape index (κ2) is 9.74. The molecule has 6 heteroatoms. The number of ketones is 1. The predicted molar refractivity (Wildman–Crippen MR) is 135 cm³/mol. The van der Waals surface area contributed by atoms with E-state index in [1.165, 1.54) is 17.0 Å². The minimum Gasteiger partial charge on any atom is -0.454 e. The number of allylic oxidation sites excluding steroid dienone is 2. The van der Waals surface area contributed by atoms with Gasteiger partial charge < -0.3 is 4.74 Å². The lowest BCUT2D eigenvalue weighted by Gasteiger charge is -2.22. The Hall–Kier alpha value is -4.32. The Kier molecular flexibility index (Phi) is 6.34. The van der Waals surface area contributed by atoms with E-state index >= 15 is 0 Å². The van der Waals surface area contributed by atoms with Crippen LogP contribution in [-0.4, -0.2) is 30.2 Å². The van der Waals surface area contributed by atoms with E-state index < -0.39 is 12.6 Å². The van der Waals surface area contributed by atoms with Crippen LogP contribution in [0.3, 0.4) is 0 Å². The molecule has 0 aromatic heterocycles. The number of carbonyl (C=O) groups excluding carboxylic acids is 4. The molecule has 36 heavy (non-hydrogen) atoms. The molecular formula is C30H25NO5. The van der Waals surface area contributed by atoms with Crippen LogP contribution in [0.1, 0.15) is 34.1 Å². The quantitative estimate of drug-likeness (QED) is 0.213. The Morgan fingerprint density at radius 2 is 1.58 bits per heavy atom. The van der Waals surface area contributed by atoms with Gasteiger partial charge >= 0.3 is 5.97 Å². The summed E-state index contributed by atoms with van der Waals surface area (Å²) in [5.74, 6) is -2.30. The van der Waals surface area contributed by atoms with Crippen molar-refractivity contribution >= 4 is 29.3 Å². The average Bonchev–Trinajstić information content (AvgIpc) is 3.18. The van der Waals surface area contributed by atoms with Crippen molar-refractivity contribution in [2.75, 3.05) is 11.5 Å². The highest BCUT2D eigenvalue weighted by Crippen LogP contribution is 2.40. The molecule has 180 valence electrons. The van der Waals surface area contributed by atoms with Gasteiger partial charge in [0.25, 0.3) is 0 Å². The minimum absolute atomic E-state index is 0.0221. The van der Waals surface area contributed by atoms with Gasteiger partial charge in [-0.25, -0.2) is 4.79 Å². The van der Waals surface area contributed by atoms with Crippen LogP contribution in [-0.2, 0) is 14.3 Å². The van der Waals surface area contributed by atoms with Gasteiger partial charge in [-0.3, -0.25) is 19.3 Å². The van der Waals surface area contributed by atoms with Crippen molar-refractivity contribution in [1.29, 1.82) is 0 Å². The third-order valence-corrected chi connectivity index (χ3v) is 6.86. The molecule has 0 radical (unpaired) electrons. The Labute approximate surface area is 209 Å². The van der Waals surface area contributed by atoms with Crippen LogP contribution in [0.2, 0.25) is 0 Å². The first-order valence-electron chi connectivity index (χ1n) is 11.9. The van der Waals surface area contributed by atoms with Gasteiger partial charge in [0.2, 0.25) is 11.8 Å². The number of fused-ring (bicyclic) bond motifs is 1. The summed E-state index contributed by atoms with van der Waals surface area (Å²) in [6, 6.07) is 23.2. The molecular weight excluding hydrogens is 454 g/mol. The lowest BCUT2D eigenvalue weighted by Crippen LogP contribution is -2.31. The van der Waals surface area contributed by atoms with Crippen LogP contribution in [0.5, 0.6) is 0 Å². The molecule has 3 aromatic rings. The highest BCUT2D eigenvalue weighted by Gasteiger charge is 2.50. The summed E-state index contributed by atoms with van der Waals surface area (Å²) in [6.45, 7) is 1.52. The normalized spacial score (nSPS) is 20.8. The van der Waals surface area contributed by atoms with Crippen molar-refractivity contribution in [3.05, 3.63) is 102 Å². The molecule has 0 spiro atoms. The van der Waals surface area contributed by atoms with Crippen molar-refractivity contribution < 1.29 is 23.9 Å². The van der Waals surface area contributed by atoms with E-state index in [1.807, 2.05) is 61.5 Å². The predicted octanol–water partition coefficient (Wildman–Crippen LogP) is 5.09. The highest BCUT2D eigenvalue weighted by atomic mass is 16.5. The molecule has 2 amide bonds. The van der Waals surface area contributed by atoms with Crippen LogP contribution >= 0.6 is 0 Å². The van der Waals surface area contributed by atoms with E-state index in [0.717, 1.165) is 11.1 Å². The number of rotatable bonds is 6. The molecule has 0 saturated carbocycles. The van der Waals surface area contributed by atoms with E-state index in [1.54, 1.807) is 24.3 Å². The Morgan fingerprint density at radius 1 is 0.861 bits per heavy atom. The van der Waals surface area contributed by atoms with Crippen LogP contribution < -0.4 is 4.90 Å². The van der Waals surface area contributed by atoms with Crippen LogP contribution in [0, 0.1) is 17.8 Å². The second-order valence-corrected chi connectivity index (χ2v) is 9.16. The summed E-state index contributed by atoms with van der Waals surface area (Å²) in [5.41, 5.74) is 2.97. The lowest BCUT2D eigenvalue weighted by molar-refractivity contribution is -0.122. The van der Waals surface area contributed by atoms with Crippen molar-refractivity contribution in [3.8, 4) is 11.1 Å². The summed E-state index contributed by atoms with van der Waals surface area (Å²) in [7, 11) is 0. The van der Waals surface area contributed by atoms with Gasteiger partial charge in [0.1, 0.15) is 0 Å². The number of benzene rings is 3. The number of esters is 1. The van der Waals surface area contributed by atoms with E-state index in [-0.39, 0.29) is 40.9 Å². The van der Waals surface area contributed by atoms with Crippen molar-refractivity contribution in [3.63, 3.8) is 0 Å². The second-order valence-electron chi connectivity index (χ2n) is 9.16. The number of Topliss-reactive ketones (excluding diaryl/α,β-unsaturated/α-hetero) is 1.